The van der Waals surface area contributed by atoms with Crippen molar-refractivity contribution in [2.24, 2.45) is 0 Å². The zero-order valence-electron chi connectivity index (χ0n) is 9.80. The van der Waals surface area contributed by atoms with Gasteiger partial charge in [0.1, 0.15) is 0 Å². The third-order valence-electron chi connectivity index (χ3n) is 2.98. The number of carbonyl (C=O) groups is 1. The summed E-state index contributed by atoms with van der Waals surface area (Å²) in [7, 11) is 0. The molecule has 0 bridgehead atoms. The fourth-order valence-corrected chi connectivity index (χ4v) is 2.21. The first kappa shape index (κ1) is 12.2. The van der Waals surface area contributed by atoms with Gasteiger partial charge >= 0.3 is 6.09 Å². The van der Waals surface area contributed by atoms with Gasteiger partial charge in [0.25, 0.3) is 0 Å². The molecule has 2 atom stereocenters. The van der Waals surface area contributed by atoms with Crippen molar-refractivity contribution in [2.75, 3.05) is 13.1 Å². The van der Waals surface area contributed by atoms with Crippen molar-refractivity contribution < 1.29 is 9.53 Å². The maximum atomic E-state index is 11.7. The average molecular weight is 254 g/mol. The topological polar surface area (TPSA) is 29.5 Å². The van der Waals surface area contributed by atoms with Gasteiger partial charge in [-0.25, -0.2) is 4.79 Å². The van der Waals surface area contributed by atoms with Crippen LogP contribution in [0.15, 0.2) is 30.3 Å². The van der Waals surface area contributed by atoms with Crippen LogP contribution < -0.4 is 0 Å². The molecule has 0 aromatic heterocycles. The van der Waals surface area contributed by atoms with Crippen molar-refractivity contribution in [3.63, 3.8) is 0 Å². The molecular weight excluding hydrogens is 238 g/mol. The average Bonchev–Trinajstić information content (AvgIpc) is 2.78. The number of alkyl halides is 1. The molecule has 1 fully saturated rings. The Morgan fingerprint density at radius 1 is 1.47 bits per heavy atom. The summed E-state index contributed by atoms with van der Waals surface area (Å²) in [6, 6.07) is 10.3. The Labute approximate surface area is 106 Å². The highest BCUT2D eigenvalue weighted by molar-refractivity contribution is 6.19. The van der Waals surface area contributed by atoms with Gasteiger partial charge in [-0.2, -0.15) is 0 Å². The van der Waals surface area contributed by atoms with Crippen LogP contribution in [-0.4, -0.2) is 29.6 Å². The van der Waals surface area contributed by atoms with Gasteiger partial charge in [-0.15, -0.1) is 0 Å². The Balaban J connectivity index is 1.94. The van der Waals surface area contributed by atoms with Gasteiger partial charge in [0, 0.05) is 19.0 Å². The number of hydrogen-bond acceptors (Lipinski definition) is 2. The van der Waals surface area contributed by atoms with Gasteiger partial charge in [-0.1, -0.05) is 41.9 Å². The second-order valence-electron chi connectivity index (χ2n) is 4.27. The number of likely N-dealkylation sites (tertiary alicyclic amines) is 1. The van der Waals surface area contributed by atoms with Gasteiger partial charge in [-0.05, 0) is 18.9 Å². The van der Waals surface area contributed by atoms with Gasteiger partial charge in [0.2, 0.25) is 0 Å². The molecule has 1 amide bonds. The summed E-state index contributed by atoms with van der Waals surface area (Å²) in [6.07, 6.45) is 0.668. The van der Waals surface area contributed by atoms with Crippen molar-refractivity contribution in [3.8, 4) is 0 Å². The molecular formula is C13H16ClNO2. The van der Waals surface area contributed by atoms with Crippen molar-refractivity contribution >= 4 is 17.7 Å². The normalized spacial score (nSPS) is 21.3. The summed E-state index contributed by atoms with van der Waals surface area (Å²) in [4.78, 5) is 13.4. The minimum atomic E-state index is -0.571. The van der Waals surface area contributed by atoms with Gasteiger partial charge in [0.15, 0.2) is 5.56 Å². The zero-order chi connectivity index (χ0) is 12.3. The van der Waals surface area contributed by atoms with Crippen LogP contribution in [0.5, 0.6) is 0 Å². The molecule has 1 saturated heterocycles. The summed E-state index contributed by atoms with van der Waals surface area (Å²) >= 11 is 5.63. The Morgan fingerprint density at radius 3 is 2.82 bits per heavy atom. The third kappa shape index (κ3) is 3.13. The van der Waals surface area contributed by atoms with Crippen LogP contribution in [0, 0.1) is 0 Å². The van der Waals surface area contributed by atoms with E-state index < -0.39 is 5.56 Å². The zero-order valence-corrected chi connectivity index (χ0v) is 10.6. The molecule has 1 aromatic carbocycles. The van der Waals surface area contributed by atoms with E-state index in [-0.39, 0.29) is 6.09 Å². The molecule has 1 heterocycles. The van der Waals surface area contributed by atoms with E-state index in [0.717, 1.165) is 13.0 Å². The summed E-state index contributed by atoms with van der Waals surface area (Å²) in [5.41, 5.74) is 0.708. The second-order valence-corrected chi connectivity index (χ2v) is 4.88. The van der Waals surface area contributed by atoms with Crippen LogP contribution >= 0.6 is 11.6 Å². The SMILES string of the molecule is CC(Cl)OC(=O)N1CCC(c2ccccc2)C1. The standard InChI is InChI=1S/C13H16ClNO2/c1-10(14)17-13(16)15-8-7-12(9-15)11-5-3-2-4-6-11/h2-6,10,12H,7-9H2,1H3. The highest BCUT2D eigenvalue weighted by Crippen LogP contribution is 2.27. The van der Waals surface area contributed by atoms with Crippen LogP contribution in [0.25, 0.3) is 0 Å². The molecule has 2 rings (SSSR count). The number of amides is 1. The van der Waals surface area contributed by atoms with Gasteiger partial charge in [0.05, 0.1) is 0 Å². The van der Waals surface area contributed by atoms with E-state index in [9.17, 15) is 4.79 Å². The molecule has 1 aliphatic heterocycles. The van der Waals surface area contributed by atoms with E-state index in [1.807, 2.05) is 18.2 Å². The molecule has 0 saturated carbocycles. The maximum absolute atomic E-state index is 11.7. The number of halogens is 1. The fourth-order valence-electron chi connectivity index (χ4n) is 2.14. The number of rotatable bonds is 2. The van der Waals surface area contributed by atoms with E-state index in [1.54, 1.807) is 11.8 Å². The first-order valence-corrected chi connectivity index (χ1v) is 6.25. The summed E-state index contributed by atoms with van der Waals surface area (Å²) < 4.78 is 4.97. The van der Waals surface area contributed by atoms with Crippen molar-refractivity contribution in [1.82, 2.24) is 4.90 Å². The fraction of sp³-hybridized carbons (Fsp3) is 0.462. The van der Waals surface area contributed by atoms with Gasteiger partial charge in [-0.3, -0.25) is 0 Å². The molecule has 1 aliphatic rings. The number of hydrogen-bond donors (Lipinski definition) is 0. The number of benzene rings is 1. The molecule has 0 aliphatic carbocycles. The predicted octanol–water partition coefficient (Wildman–Crippen LogP) is 3.20. The molecule has 17 heavy (non-hydrogen) atoms. The largest absolute Gasteiger partial charge is 0.430 e. The monoisotopic (exact) mass is 253 g/mol. The molecule has 4 heteroatoms. The first-order chi connectivity index (χ1) is 8.16. The number of carbonyl (C=O) groups excluding carboxylic acids is 1. The van der Waals surface area contributed by atoms with Crippen LogP contribution in [0.4, 0.5) is 4.79 Å². The minimum Gasteiger partial charge on any atom is -0.430 e. The van der Waals surface area contributed by atoms with Crippen molar-refractivity contribution in [1.29, 1.82) is 0 Å². The Hall–Kier alpha value is -1.22. The minimum absolute atomic E-state index is 0.314. The van der Waals surface area contributed by atoms with E-state index in [4.69, 9.17) is 16.3 Å². The quantitative estimate of drug-likeness (QED) is 0.758. The van der Waals surface area contributed by atoms with Gasteiger partial charge < -0.3 is 9.64 Å². The Morgan fingerprint density at radius 2 is 2.18 bits per heavy atom. The lowest BCUT2D eigenvalue weighted by Gasteiger charge is -2.17. The Bertz CT molecular complexity index is 380. The lowest BCUT2D eigenvalue weighted by Crippen LogP contribution is -2.30. The van der Waals surface area contributed by atoms with E-state index in [1.165, 1.54) is 5.56 Å². The molecule has 1 aromatic rings. The molecule has 0 spiro atoms. The van der Waals surface area contributed by atoms with Crippen LogP contribution in [-0.2, 0) is 4.74 Å². The smallest absolute Gasteiger partial charge is 0.411 e. The molecule has 0 radical (unpaired) electrons. The Kier molecular flexibility index (Phi) is 3.89. The first-order valence-electron chi connectivity index (χ1n) is 5.81. The van der Waals surface area contributed by atoms with Crippen LogP contribution in [0.2, 0.25) is 0 Å². The second kappa shape index (κ2) is 5.41. The number of nitrogens with zero attached hydrogens (tertiary/aromatic N) is 1. The third-order valence-corrected chi connectivity index (χ3v) is 3.07. The van der Waals surface area contributed by atoms with E-state index >= 15 is 0 Å². The molecule has 3 nitrogen and oxygen atoms in total. The highest BCUT2D eigenvalue weighted by atomic mass is 35.5. The van der Waals surface area contributed by atoms with Crippen molar-refractivity contribution in [2.45, 2.75) is 24.8 Å². The molecule has 92 valence electrons. The summed E-state index contributed by atoms with van der Waals surface area (Å²) in [5.74, 6) is 0.411. The maximum Gasteiger partial charge on any atom is 0.411 e. The van der Waals surface area contributed by atoms with Crippen LogP contribution in [0.1, 0.15) is 24.8 Å². The van der Waals surface area contributed by atoms with E-state index in [2.05, 4.69) is 12.1 Å². The van der Waals surface area contributed by atoms with Crippen LogP contribution in [0.3, 0.4) is 0 Å². The molecule has 2 unspecified atom stereocenters. The summed E-state index contributed by atoms with van der Waals surface area (Å²) in [5, 5.41) is 0. The predicted molar refractivity (Wildman–Crippen MR) is 67.2 cm³/mol. The van der Waals surface area contributed by atoms with E-state index in [0.29, 0.717) is 12.5 Å². The molecule has 0 N–H and O–H groups in total. The van der Waals surface area contributed by atoms with Crippen molar-refractivity contribution in [3.05, 3.63) is 35.9 Å². The summed E-state index contributed by atoms with van der Waals surface area (Å²) in [6.45, 7) is 3.10. The lowest BCUT2D eigenvalue weighted by molar-refractivity contribution is 0.103. The highest BCUT2D eigenvalue weighted by Gasteiger charge is 2.28. The lowest BCUT2D eigenvalue weighted by atomic mass is 9.99. The number of ether oxygens (including phenoxy) is 1.